The number of rotatable bonds is 4. The number of hydrogen-bond acceptors (Lipinski definition) is 4. The van der Waals surface area contributed by atoms with E-state index in [-0.39, 0.29) is 11.3 Å². The fourth-order valence-corrected chi connectivity index (χ4v) is 2.41. The Bertz CT molecular complexity index is 673. The van der Waals surface area contributed by atoms with Crippen LogP contribution in [-0.2, 0) is 0 Å². The SMILES string of the molecule is O=C(O)c1ccc(Sc2cc(F)cc([N+](=O)[O-])c2)cc1. The van der Waals surface area contributed by atoms with Crippen molar-refractivity contribution in [3.63, 3.8) is 0 Å². The molecule has 0 aliphatic carbocycles. The number of nitro benzene ring substituents is 1. The summed E-state index contributed by atoms with van der Waals surface area (Å²) in [7, 11) is 0. The number of non-ortho nitro benzene ring substituents is 1. The van der Waals surface area contributed by atoms with Crippen LogP contribution < -0.4 is 0 Å². The second-order valence-electron chi connectivity index (χ2n) is 3.83. The van der Waals surface area contributed by atoms with Gasteiger partial charge in [-0.3, -0.25) is 10.1 Å². The van der Waals surface area contributed by atoms with Crippen LogP contribution in [-0.4, -0.2) is 16.0 Å². The number of nitro groups is 1. The second kappa shape index (κ2) is 5.70. The number of carboxylic acids is 1. The fourth-order valence-electron chi connectivity index (χ4n) is 1.51. The van der Waals surface area contributed by atoms with Crippen molar-refractivity contribution in [3.05, 3.63) is 64.0 Å². The summed E-state index contributed by atoms with van der Waals surface area (Å²) < 4.78 is 13.3. The Morgan fingerprint density at radius 3 is 2.35 bits per heavy atom. The molecule has 2 rings (SSSR count). The van der Waals surface area contributed by atoms with Crippen LogP contribution in [0.2, 0.25) is 0 Å². The highest BCUT2D eigenvalue weighted by Crippen LogP contribution is 2.31. The van der Waals surface area contributed by atoms with E-state index in [1.165, 1.54) is 24.3 Å². The zero-order chi connectivity index (χ0) is 14.7. The molecule has 0 radical (unpaired) electrons. The lowest BCUT2D eigenvalue weighted by Gasteiger charge is -2.03. The molecular weight excluding hydrogens is 285 g/mol. The third-order valence-corrected chi connectivity index (χ3v) is 3.38. The smallest absolute Gasteiger partial charge is 0.335 e. The summed E-state index contributed by atoms with van der Waals surface area (Å²) in [6.45, 7) is 0. The lowest BCUT2D eigenvalue weighted by Crippen LogP contribution is -1.94. The zero-order valence-corrected chi connectivity index (χ0v) is 10.8. The maximum atomic E-state index is 13.3. The van der Waals surface area contributed by atoms with Crippen LogP contribution in [0.4, 0.5) is 10.1 Å². The predicted molar refractivity (Wildman–Crippen MR) is 70.6 cm³/mol. The van der Waals surface area contributed by atoms with E-state index in [1.54, 1.807) is 12.1 Å². The predicted octanol–water partition coefficient (Wildman–Crippen LogP) is 3.58. The average Bonchev–Trinajstić information content (AvgIpc) is 2.38. The molecule has 0 aromatic heterocycles. The maximum absolute atomic E-state index is 13.3. The summed E-state index contributed by atoms with van der Waals surface area (Å²) in [5, 5.41) is 19.4. The molecule has 0 fully saturated rings. The Balaban J connectivity index is 2.25. The highest BCUT2D eigenvalue weighted by Gasteiger charge is 2.11. The van der Waals surface area contributed by atoms with Crippen molar-refractivity contribution in [2.45, 2.75) is 9.79 Å². The van der Waals surface area contributed by atoms with Gasteiger partial charge in [0.25, 0.3) is 5.69 Å². The Morgan fingerprint density at radius 2 is 1.80 bits per heavy atom. The van der Waals surface area contributed by atoms with Crippen LogP contribution >= 0.6 is 11.8 Å². The van der Waals surface area contributed by atoms with Crippen molar-refractivity contribution in [2.75, 3.05) is 0 Å². The van der Waals surface area contributed by atoms with E-state index in [4.69, 9.17) is 5.11 Å². The molecule has 0 saturated heterocycles. The summed E-state index contributed by atoms with van der Waals surface area (Å²) in [6, 6.07) is 9.24. The third kappa shape index (κ3) is 3.33. The van der Waals surface area contributed by atoms with Crippen LogP contribution in [0.5, 0.6) is 0 Å². The van der Waals surface area contributed by atoms with E-state index < -0.39 is 16.7 Å². The number of carbonyl (C=O) groups is 1. The Labute approximate surface area is 117 Å². The van der Waals surface area contributed by atoms with Gasteiger partial charge in [0, 0.05) is 15.9 Å². The van der Waals surface area contributed by atoms with Gasteiger partial charge >= 0.3 is 5.97 Å². The quantitative estimate of drug-likeness (QED) is 0.688. The van der Waals surface area contributed by atoms with Gasteiger partial charge in [-0.2, -0.15) is 0 Å². The summed E-state index contributed by atoms with van der Waals surface area (Å²) >= 11 is 1.12. The minimum Gasteiger partial charge on any atom is -0.478 e. The molecule has 0 unspecified atom stereocenters. The minimum atomic E-state index is -1.04. The Hall–Kier alpha value is -2.41. The summed E-state index contributed by atoms with van der Waals surface area (Å²) in [5.41, 5.74) is -0.186. The van der Waals surface area contributed by atoms with Gasteiger partial charge in [0.15, 0.2) is 0 Å². The third-order valence-electron chi connectivity index (χ3n) is 2.40. The van der Waals surface area contributed by atoms with Gasteiger partial charge in [-0.25, -0.2) is 9.18 Å². The van der Waals surface area contributed by atoms with Gasteiger partial charge in [-0.15, -0.1) is 0 Å². The van der Waals surface area contributed by atoms with E-state index >= 15 is 0 Å². The van der Waals surface area contributed by atoms with E-state index in [9.17, 15) is 19.3 Å². The molecule has 2 aromatic carbocycles. The lowest BCUT2D eigenvalue weighted by atomic mass is 10.2. The van der Waals surface area contributed by atoms with E-state index in [0.29, 0.717) is 9.79 Å². The standard InChI is InChI=1S/C13H8FNO4S/c14-9-5-10(15(18)19)7-12(6-9)20-11-3-1-8(2-4-11)13(16)17/h1-7H,(H,16,17). The first-order valence-electron chi connectivity index (χ1n) is 5.42. The molecule has 0 saturated carbocycles. The van der Waals surface area contributed by atoms with Crippen molar-refractivity contribution in [2.24, 2.45) is 0 Å². The highest BCUT2D eigenvalue weighted by molar-refractivity contribution is 7.99. The van der Waals surface area contributed by atoms with Crippen LogP contribution in [0.3, 0.4) is 0 Å². The minimum absolute atomic E-state index is 0.138. The van der Waals surface area contributed by atoms with Gasteiger partial charge in [-0.1, -0.05) is 11.8 Å². The second-order valence-corrected chi connectivity index (χ2v) is 4.98. The molecule has 0 aliphatic heterocycles. The molecule has 0 aliphatic rings. The molecule has 20 heavy (non-hydrogen) atoms. The molecule has 0 spiro atoms. The maximum Gasteiger partial charge on any atom is 0.335 e. The van der Waals surface area contributed by atoms with Gasteiger partial charge in [0.1, 0.15) is 5.82 Å². The van der Waals surface area contributed by atoms with Crippen LogP contribution in [0.25, 0.3) is 0 Å². The Kier molecular flexibility index (Phi) is 3.99. The van der Waals surface area contributed by atoms with Gasteiger partial charge in [-0.05, 0) is 30.3 Å². The zero-order valence-electron chi connectivity index (χ0n) is 9.95. The molecule has 5 nitrogen and oxygen atoms in total. The molecule has 0 atom stereocenters. The van der Waals surface area contributed by atoms with Crippen molar-refractivity contribution in [3.8, 4) is 0 Å². The number of nitrogens with zero attached hydrogens (tertiary/aromatic N) is 1. The van der Waals surface area contributed by atoms with Crippen LogP contribution in [0, 0.1) is 15.9 Å². The van der Waals surface area contributed by atoms with E-state index in [1.807, 2.05) is 0 Å². The van der Waals surface area contributed by atoms with E-state index in [0.717, 1.165) is 17.8 Å². The lowest BCUT2D eigenvalue weighted by molar-refractivity contribution is -0.385. The van der Waals surface area contributed by atoms with Crippen molar-refractivity contribution >= 4 is 23.4 Å². The first-order valence-corrected chi connectivity index (χ1v) is 6.23. The molecule has 0 bridgehead atoms. The number of aromatic carboxylic acids is 1. The molecule has 2 aromatic rings. The van der Waals surface area contributed by atoms with E-state index in [2.05, 4.69) is 0 Å². The number of halogens is 1. The highest BCUT2D eigenvalue weighted by atomic mass is 32.2. The Morgan fingerprint density at radius 1 is 1.15 bits per heavy atom. The normalized spacial score (nSPS) is 10.2. The monoisotopic (exact) mass is 293 g/mol. The molecule has 102 valence electrons. The number of carboxylic acid groups (broad SMARTS) is 1. The van der Waals surface area contributed by atoms with Crippen molar-refractivity contribution < 1.29 is 19.2 Å². The fraction of sp³-hybridized carbons (Fsp3) is 0. The van der Waals surface area contributed by atoms with Gasteiger partial charge < -0.3 is 5.11 Å². The molecule has 0 amide bonds. The molecule has 1 N–H and O–H groups in total. The summed E-state index contributed by atoms with van der Waals surface area (Å²) in [6.07, 6.45) is 0. The number of benzene rings is 2. The largest absolute Gasteiger partial charge is 0.478 e. The van der Waals surface area contributed by atoms with Gasteiger partial charge in [0.05, 0.1) is 16.6 Å². The van der Waals surface area contributed by atoms with Crippen molar-refractivity contribution in [1.29, 1.82) is 0 Å². The first kappa shape index (κ1) is 14.0. The van der Waals surface area contributed by atoms with Crippen molar-refractivity contribution in [1.82, 2.24) is 0 Å². The summed E-state index contributed by atoms with van der Waals surface area (Å²) in [5.74, 6) is -1.73. The number of hydrogen-bond donors (Lipinski definition) is 1. The molecular formula is C13H8FNO4S. The average molecular weight is 293 g/mol. The van der Waals surface area contributed by atoms with Crippen LogP contribution in [0.15, 0.2) is 52.3 Å². The summed E-state index contributed by atoms with van der Waals surface area (Å²) in [4.78, 5) is 21.7. The topological polar surface area (TPSA) is 80.4 Å². The van der Waals surface area contributed by atoms with Gasteiger partial charge in [0.2, 0.25) is 0 Å². The molecule has 0 heterocycles. The molecule has 7 heteroatoms. The first-order chi connectivity index (χ1) is 9.45. The van der Waals surface area contributed by atoms with Crippen LogP contribution in [0.1, 0.15) is 10.4 Å².